The second-order valence-corrected chi connectivity index (χ2v) is 4.78. The van der Waals surface area contributed by atoms with Crippen molar-refractivity contribution >= 4 is 18.5 Å². The van der Waals surface area contributed by atoms with Gasteiger partial charge in [0.05, 0.1) is 0 Å². The van der Waals surface area contributed by atoms with E-state index in [0.717, 1.165) is 12.1 Å². The zero-order valence-electron chi connectivity index (χ0n) is 10.1. The minimum absolute atomic E-state index is 0.227. The molecule has 1 aromatic rings. The number of aromatic amines is 1. The Morgan fingerprint density at radius 2 is 2.18 bits per heavy atom. The van der Waals surface area contributed by atoms with E-state index in [0.29, 0.717) is 23.8 Å². The van der Waals surface area contributed by atoms with Crippen LogP contribution in [0.5, 0.6) is 0 Å². The summed E-state index contributed by atoms with van der Waals surface area (Å²) in [5.74, 6) is 0.782. The molecule has 94 valence electrons. The van der Waals surface area contributed by atoms with Crippen molar-refractivity contribution in [3.05, 3.63) is 33.7 Å². The minimum atomic E-state index is -0.237. The van der Waals surface area contributed by atoms with Gasteiger partial charge in [0.15, 0.2) is 0 Å². The Bertz CT molecular complexity index is 440. The number of H-pyrrole nitrogens is 1. The summed E-state index contributed by atoms with van der Waals surface area (Å²) >= 11 is 4.01. The molecule has 1 aromatic heterocycles. The molecule has 17 heavy (non-hydrogen) atoms. The first-order chi connectivity index (χ1) is 8.02. The number of rotatable bonds is 5. The van der Waals surface area contributed by atoms with Gasteiger partial charge in [-0.1, -0.05) is 13.8 Å². The maximum Gasteiger partial charge on any atom is 0.251 e. The van der Waals surface area contributed by atoms with Crippen molar-refractivity contribution in [2.24, 2.45) is 5.92 Å². The fourth-order valence-corrected chi connectivity index (χ4v) is 1.67. The summed E-state index contributed by atoms with van der Waals surface area (Å²) < 4.78 is 0. The number of nitrogens with one attached hydrogen (secondary N) is 2. The van der Waals surface area contributed by atoms with E-state index in [9.17, 15) is 9.59 Å². The molecule has 0 unspecified atom stereocenters. The van der Waals surface area contributed by atoms with Crippen molar-refractivity contribution in [1.82, 2.24) is 10.3 Å². The molecular formula is C12H18N2O2S. The topological polar surface area (TPSA) is 62.0 Å². The van der Waals surface area contributed by atoms with Crippen LogP contribution in [0, 0.1) is 5.92 Å². The van der Waals surface area contributed by atoms with Crippen molar-refractivity contribution in [2.75, 3.05) is 12.3 Å². The van der Waals surface area contributed by atoms with Crippen molar-refractivity contribution in [1.29, 1.82) is 0 Å². The van der Waals surface area contributed by atoms with Crippen molar-refractivity contribution < 1.29 is 4.79 Å². The molecule has 0 aliphatic heterocycles. The molecule has 1 heterocycles. The summed E-state index contributed by atoms with van der Waals surface area (Å²) in [6.07, 6.45) is 0.753. The number of hydrogen-bond donors (Lipinski definition) is 3. The number of amides is 1. The lowest BCUT2D eigenvalue weighted by molar-refractivity contribution is 0.0956. The number of thiol groups is 1. The molecule has 0 atom stereocenters. The first-order valence-electron chi connectivity index (χ1n) is 5.65. The lowest BCUT2D eigenvalue weighted by atomic mass is 10.1. The first-order valence-corrected chi connectivity index (χ1v) is 6.28. The predicted octanol–water partition coefficient (Wildman–Crippen LogP) is 1.23. The Balaban J connectivity index is 2.89. The van der Waals surface area contributed by atoms with Crippen molar-refractivity contribution in [2.45, 2.75) is 20.3 Å². The molecule has 1 amide bonds. The van der Waals surface area contributed by atoms with Crippen LogP contribution in [0.1, 0.15) is 29.9 Å². The molecule has 0 aliphatic carbocycles. The maximum absolute atomic E-state index is 11.7. The van der Waals surface area contributed by atoms with Crippen LogP contribution in [0.4, 0.5) is 0 Å². The van der Waals surface area contributed by atoms with E-state index in [1.807, 2.05) is 0 Å². The van der Waals surface area contributed by atoms with E-state index in [1.165, 1.54) is 6.07 Å². The molecule has 5 heteroatoms. The highest BCUT2D eigenvalue weighted by molar-refractivity contribution is 7.80. The summed E-state index contributed by atoms with van der Waals surface area (Å²) in [5, 5.41) is 2.69. The molecule has 1 rings (SSSR count). The van der Waals surface area contributed by atoms with Gasteiger partial charge in [0.2, 0.25) is 5.56 Å². The fourth-order valence-electron chi connectivity index (χ4n) is 1.55. The Morgan fingerprint density at radius 1 is 1.47 bits per heavy atom. The van der Waals surface area contributed by atoms with Gasteiger partial charge in [-0.15, -0.1) is 0 Å². The predicted molar refractivity (Wildman–Crippen MR) is 71.8 cm³/mol. The Morgan fingerprint density at radius 3 is 2.76 bits per heavy atom. The summed E-state index contributed by atoms with van der Waals surface area (Å²) in [6, 6.07) is 3.05. The number of pyridine rings is 1. The van der Waals surface area contributed by atoms with Gasteiger partial charge in [-0.05, 0) is 18.4 Å². The van der Waals surface area contributed by atoms with Gasteiger partial charge in [0.1, 0.15) is 0 Å². The summed E-state index contributed by atoms with van der Waals surface area (Å²) in [4.78, 5) is 25.9. The van der Waals surface area contributed by atoms with Gasteiger partial charge in [-0.25, -0.2) is 0 Å². The molecule has 4 nitrogen and oxygen atoms in total. The SMILES string of the molecule is CC(C)Cc1cc(C(=O)NCCS)cc(=O)[nH]1. The molecule has 0 radical (unpaired) electrons. The molecule has 0 aliphatic rings. The van der Waals surface area contributed by atoms with Crippen LogP contribution >= 0.6 is 12.6 Å². The number of carbonyl (C=O) groups is 1. The average molecular weight is 254 g/mol. The van der Waals surface area contributed by atoms with Gasteiger partial charge < -0.3 is 10.3 Å². The highest BCUT2D eigenvalue weighted by Crippen LogP contribution is 2.05. The van der Waals surface area contributed by atoms with Crippen LogP contribution in [-0.2, 0) is 6.42 Å². The third kappa shape index (κ3) is 4.65. The van der Waals surface area contributed by atoms with E-state index in [4.69, 9.17) is 0 Å². The van der Waals surface area contributed by atoms with Gasteiger partial charge in [0.25, 0.3) is 5.91 Å². The quantitative estimate of drug-likeness (QED) is 0.692. The molecule has 0 spiro atoms. The van der Waals surface area contributed by atoms with E-state index >= 15 is 0 Å². The van der Waals surface area contributed by atoms with E-state index in [1.54, 1.807) is 6.07 Å². The van der Waals surface area contributed by atoms with Crippen LogP contribution in [0.15, 0.2) is 16.9 Å². The fraction of sp³-hybridized carbons (Fsp3) is 0.500. The normalized spacial score (nSPS) is 10.6. The Labute approximate surface area is 106 Å². The summed E-state index contributed by atoms with van der Waals surface area (Å²) in [5.41, 5.74) is 0.967. The molecule has 0 saturated heterocycles. The maximum atomic E-state index is 11.7. The first kappa shape index (κ1) is 13.8. The van der Waals surface area contributed by atoms with Gasteiger partial charge >= 0.3 is 0 Å². The van der Waals surface area contributed by atoms with E-state index < -0.39 is 0 Å². The third-order valence-corrected chi connectivity index (χ3v) is 2.41. The molecule has 0 bridgehead atoms. The van der Waals surface area contributed by atoms with Crippen LogP contribution in [0.3, 0.4) is 0 Å². The van der Waals surface area contributed by atoms with Crippen LogP contribution in [0.2, 0.25) is 0 Å². The molecule has 2 N–H and O–H groups in total. The van der Waals surface area contributed by atoms with Crippen molar-refractivity contribution in [3.8, 4) is 0 Å². The second-order valence-electron chi connectivity index (χ2n) is 4.34. The largest absolute Gasteiger partial charge is 0.351 e. The molecular weight excluding hydrogens is 236 g/mol. The van der Waals surface area contributed by atoms with Crippen LogP contribution in [0.25, 0.3) is 0 Å². The highest BCUT2D eigenvalue weighted by Gasteiger charge is 2.08. The second kappa shape index (κ2) is 6.49. The number of aromatic nitrogens is 1. The van der Waals surface area contributed by atoms with E-state index in [-0.39, 0.29) is 11.5 Å². The average Bonchev–Trinajstić information content (AvgIpc) is 2.24. The number of hydrogen-bond acceptors (Lipinski definition) is 3. The lowest BCUT2D eigenvalue weighted by Gasteiger charge is -2.07. The Kier molecular flexibility index (Phi) is 5.28. The van der Waals surface area contributed by atoms with E-state index in [2.05, 4.69) is 36.8 Å². The minimum Gasteiger partial charge on any atom is -0.351 e. The smallest absolute Gasteiger partial charge is 0.251 e. The summed E-state index contributed by atoms with van der Waals surface area (Å²) in [7, 11) is 0. The molecule has 0 fully saturated rings. The van der Waals surface area contributed by atoms with Crippen LogP contribution < -0.4 is 10.9 Å². The van der Waals surface area contributed by atoms with Gasteiger partial charge in [-0.3, -0.25) is 9.59 Å². The highest BCUT2D eigenvalue weighted by atomic mass is 32.1. The Hall–Kier alpha value is -1.23. The zero-order valence-corrected chi connectivity index (χ0v) is 11.0. The number of carbonyl (C=O) groups excluding carboxylic acids is 1. The standard InChI is InChI=1S/C12H18N2O2S/c1-8(2)5-10-6-9(7-11(15)14-10)12(16)13-3-4-17/h6-8,17H,3-5H2,1-2H3,(H,13,16)(H,14,15). The molecule has 0 aromatic carbocycles. The molecule has 0 saturated carbocycles. The monoisotopic (exact) mass is 254 g/mol. The van der Waals surface area contributed by atoms with Gasteiger partial charge in [0, 0.05) is 29.6 Å². The third-order valence-electron chi connectivity index (χ3n) is 2.19. The van der Waals surface area contributed by atoms with Crippen molar-refractivity contribution in [3.63, 3.8) is 0 Å². The van der Waals surface area contributed by atoms with Crippen LogP contribution in [-0.4, -0.2) is 23.2 Å². The van der Waals surface area contributed by atoms with Gasteiger partial charge in [-0.2, -0.15) is 12.6 Å². The zero-order chi connectivity index (χ0) is 12.8. The lowest BCUT2D eigenvalue weighted by Crippen LogP contribution is -2.27. The summed E-state index contributed by atoms with van der Waals surface area (Å²) in [6.45, 7) is 4.62.